The van der Waals surface area contributed by atoms with Crippen molar-refractivity contribution >= 4 is 5.78 Å². The Kier molecular flexibility index (Phi) is 1.64. The molecule has 0 saturated heterocycles. The van der Waals surface area contributed by atoms with Gasteiger partial charge in [0.1, 0.15) is 5.78 Å². The zero-order chi connectivity index (χ0) is 10.9. The summed E-state index contributed by atoms with van der Waals surface area (Å²) >= 11 is 0. The molecule has 0 N–H and O–H groups in total. The number of hydrogen-bond acceptors (Lipinski definition) is 1. The minimum atomic E-state index is 0.108. The monoisotopic (exact) mass is 206 g/mol. The fourth-order valence-electron chi connectivity index (χ4n) is 5.60. The SMILES string of the molecule is C[C@@H]1CC[C@]23CCC[C@]12C(=O)CC3(C)C. The van der Waals surface area contributed by atoms with Gasteiger partial charge in [0.15, 0.2) is 0 Å². The summed E-state index contributed by atoms with van der Waals surface area (Å²) < 4.78 is 0. The van der Waals surface area contributed by atoms with Crippen LogP contribution >= 0.6 is 0 Å². The third-order valence-electron chi connectivity index (χ3n) is 6.27. The van der Waals surface area contributed by atoms with E-state index in [9.17, 15) is 4.79 Å². The van der Waals surface area contributed by atoms with Crippen LogP contribution < -0.4 is 0 Å². The van der Waals surface area contributed by atoms with E-state index in [0.717, 1.165) is 6.42 Å². The maximum atomic E-state index is 12.5. The smallest absolute Gasteiger partial charge is 0.140 e. The Balaban J connectivity index is 2.21. The van der Waals surface area contributed by atoms with Crippen molar-refractivity contribution in [2.75, 3.05) is 0 Å². The highest BCUT2D eigenvalue weighted by Crippen LogP contribution is 2.77. The minimum Gasteiger partial charge on any atom is -0.299 e. The molecule has 3 rings (SSSR count). The summed E-state index contributed by atoms with van der Waals surface area (Å²) in [5.41, 5.74) is 0.762. The number of hydrogen-bond donors (Lipinski definition) is 0. The predicted octanol–water partition coefficient (Wildman–Crippen LogP) is 3.57. The van der Waals surface area contributed by atoms with Crippen LogP contribution in [0.1, 0.15) is 59.3 Å². The lowest BCUT2D eigenvalue weighted by Crippen LogP contribution is -2.41. The Bertz CT molecular complexity index is 330. The molecule has 3 fully saturated rings. The molecule has 0 radical (unpaired) electrons. The van der Waals surface area contributed by atoms with Crippen LogP contribution in [0.4, 0.5) is 0 Å². The summed E-state index contributed by atoms with van der Waals surface area (Å²) in [5, 5.41) is 0. The lowest BCUT2D eigenvalue weighted by Gasteiger charge is -2.43. The zero-order valence-electron chi connectivity index (χ0n) is 10.2. The summed E-state index contributed by atoms with van der Waals surface area (Å²) in [5.74, 6) is 1.25. The summed E-state index contributed by atoms with van der Waals surface area (Å²) in [4.78, 5) is 12.5. The molecule has 3 aliphatic carbocycles. The van der Waals surface area contributed by atoms with Crippen LogP contribution in [0.5, 0.6) is 0 Å². The topological polar surface area (TPSA) is 17.1 Å². The molecule has 0 aromatic heterocycles. The van der Waals surface area contributed by atoms with Gasteiger partial charge in [0, 0.05) is 11.8 Å². The lowest BCUT2D eigenvalue weighted by atomic mass is 9.59. The van der Waals surface area contributed by atoms with E-state index in [2.05, 4.69) is 20.8 Å². The average Bonchev–Trinajstić information content (AvgIpc) is 2.68. The lowest BCUT2D eigenvalue weighted by molar-refractivity contribution is -0.129. The van der Waals surface area contributed by atoms with Crippen molar-refractivity contribution in [2.24, 2.45) is 22.2 Å². The minimum absolute atomic E-state index is 0.108. The molecule has 0 aromatic rings. The summed E-state index contributed by atoms with van der Waals surface area (Å²) in [6.45, 7) is 7.01. The first-order chi connectivity index (χ1) is 6.96. The van der Waals surface area contributed by atoms with E-state index in [0.29, 0.717) is 17.1 Å². The number of ketones is 1. The summed E-state index contributed by atoms with van der Waals surface area (Å²) in [6.07, 6.45) is 7.24. The second-order valence-electron chi connectivity index (χ2n) is 6.83. The second-order valence-corrected chi connectivity index (χ2v) is 6.83. The highest BCUT2D eigenvalue weighted by Gasteiger charge is 2.73. The molecule has 0 heterocycles. The van der Waals surface area contributed by atoms with Gasteiger partial charge in [0.2, 0.25) is 0 Å². The molecule has 0 aliphatic heterocycles. The van der Waals surface area contributed by atoms with Gasteiger partial charge in [-0.3, -0.25) is 4.79 Å². The van der Waals surface area contributed by atoms with Crippen LogP contribution in [-0.2, 0) is 4.79 Å². The van der Waals surface area contributed by atoms with Crippen molar-refractivity contribution in [1.82, 2.24) is 0 Å². The molecule has 0 unspecified atom stereocenters. The third-order valence-corrected chi connectivity index (χ3v) is 6.27. The van der Waals surface area contributed by atoms with Gasteiger partial charge in [-0.15, -0.1) is 0 Å². The first-order valence-electron chi connectivity index (χ1n) is 6.50. The van der Waals surface area contributed by atoms with E-state index < -0.39 is 0 Å². The standard InChI is InChI=1S/C14H22O/c1-10-5-8-13-6-4-7-14(10,13)11(15)9-12(13,2)3/h10H,4-9H2,1-3H3/t10-,13+,14-/m1/s1. The number of Topliss-reactive ketones (excluding diaryl/α,β-unsaturated/α-hetero) is 1. The van der Waals surface area contributed by atoms with Crippen molar-refractivity contribution < 1.29 is 4.79 Å². The average molecular weight is 206 g/mol. The van der Waals surface area contributed by atoms with Gasteiger partial charge in [-0.2, -0.15) is 0 Å². The molecule has 3 aliphatic rings. The molecule has 0 amide bonds. The van der Waals surface area contributed by atoms with Gasteiger partial charge in [0.05, 0.1) is 0 Å². The number of rotatable bonds is 0. The first kappa shape index (κ1) is 9.86. The Morgan fingerprint density at radius 2 is 1.93 bits per heavy atom. The molecule has 1 heteroatoms. The molecular formula is C14H22O. The highest BCUT2D eigenvalue weighted by molar-refractivity contribution is 5.90. The van der Waals surface area contributed by atoms with Crippen LogP contribution in [0.15, 0.2) is 0 Å². The van der Waals surface area contributed by atoms with Crippen LogP contribution in [0.2, 0.25) is 0 Å². The maximum Gasteiger partial charge on any atom is 0.140 e. The Hall–Kier alpha value is -0.330. The molecule has 0 spiro atoms. The van der Waals surface area contributed by atoms with Crippen LogP contribution in [0.3, 0.4) is 0 Å². The van der Waals surface area contributed by atoms with Gasteiger partial charge >= 0.3 is 0 Å². The van der Waals surface area contributed by atoms with Crippen LogP contribution in [0, 0.1) is 22.2 Å². The van der Waals surface area contributed by atoms with Crippen molar-refractivity contribution in [3.8, 4) is 0 Å². The largest absolute Gasteiger partial charge is 0.299 e. The van der Waals surface area contributed by atoms with Gasteiger partial charge in [-0.05, 0) is 42.4 Å². The van der Waals surface area contributed by atoms with Crippen molar-refractivity contribution in [3.63, 3.8) is 0 Å². The third kappa shape index (κ3) is 0.786. The fraction of sp³-hybridized carbons (Fsp3) is 0.929. The van der Waals surface area contributed by atoms with E-state index in [1.165, 1.54) is 32.1 Å². The molecule has 84 valence electrons. The normalized spacial score (nSPS) is 51.9. The maximum absolute atomic E-state index is 12.5. The molecule has 15 heavy (non-hydrogen) atoms. The highest BCUT2D eigenvalue weighted by atomic mass is 16.1. The second kappa shape index (κ2) is 2.49. The van der Waals surface area contributed by atoms with Gasteiger partial charge in [-0.25, -0.2) is 0 Å². The van der Waals surface area contributed by atoms with Gasteiger partial charge in [0.25, 0.3) is 0 Å². The summed E-state index contributed by atoms with van der Waals surface area (Å²) in [7, 11) is 0. The van der Waals surface area contributed by atoms with E-state index in [1.54, 1.807) is 0 Å². The Morgan fingerprint density at radius 1 is 1.20 bits per heavy atom. The van der Waals surface area contributed by atoms with E-state index in [4.69, 9.17) is 0 Å². The molecule has 3 saturated carbocycles. The predicted molar refractivity (Wildman–Crippen MR) is 60.5 cm³/mol. The molecular weight excluding hydrogens is 184 g/mol. The zero-order valence-corrected chi connectivity index (χ0v) is 10.2. The van der Waals surface area contributed by atoms with Crippen LogP contribution in [0.25, 0.3) is 0 Å². The molecule has 0 bridgehead atoms. The van der Waals surface area contributed by atoms with Crippen molar-refractivity contribution in [2.45, 2.75) is 59.3 Å². The number of carbonyl (C=O) groups excluding carboxylic acids is 1. The Morgan fingerprint density at radius 3 is 2.60 bits per heavy atom. The van der Waals surface area contributed by atoms with Gasteiger partial charge < -0.3 is 0 Å². The quantitative estimate of drug-likeness (QED) is 0.592. The molecule has 3 atom stereocenters. The molecule has 0 aromatic carbocycles. The fourth-order valence-corrected chi connectivity index (χ4v) is 5.60. The van der Waals surface area contributed by atoms with E-state index in [1.807, 2.05) is 0 Å². The summed E-state index contributed by atoms with van der Waals surface area (Å²) in [6, 6.07) is 0. The number of carbonyl (C=O) groups is 1. The van der Waals surface area contributed by atoms with Crippen molar-refractivity contribution in [3.05, 3.63) is 0 Å². The van der Waals surface area contributed by atoms with E-state index >= 15 is 0 Å². The molecule has 1 nitrogen and oxygen atoms in total. The Labute approximate surface area is 92.6 Å². The van der Waals surface area contributed by atoms with E-state index in [-0.39, 0.29) is 10.8 Å². The first-order valence-corrected chi connectivity index (χ1v) is 6.50. The van der Waals surface area contributed by atoms with Gasteiger partial charge in [-0.1, -0.05) is 27.2 Å². The van der Waals surface area contributed by atoms with Crippen LogP contribution in [-0.4, -0.2) is 5.78 Å². The van der Waals surface area contributed by atoms with Crippen molar-refractivity contribution in [1.29, 1.82) is 0 Å².